The maximum Gasteiger partial charge on any atom is -0.0256 e. The third kappa shape index (κ3) is 25.9. The summed E-state index contributed by atoms with van der Waals surface area (Å²) in [6.45, 7) is 23.0. The van der Waals surface area contributed by atoms with Crippen molar-refractivity contribution in [2.24, 2.45) is 41.4 Å². The molecule has 0 spiro atoms. The summed E-state index contributed by atoms with van der Waals surface area (Å²) in [5.74, 6) is 6.53. The molecule has 0 amide bonds. The van der Waals surface area contributed by atoms with Gasteiger partial charge in [0.1, 0.15) is 0 Å². The van der Waals surface area contributed by atoms with Crippen LogP contribution in [-0.4, -0.2) is 0 Å². The Bertz CT molecular complexity index is 588. The molecule has 0 unspecified atom stereocenters. The highest BCUT2D eigenvalue weighted by Crippen LogP contribution is 2.29. The van der Waals surface area contributed by atoms with Crippen molar-refractivity contribution in [3.63, 3.8) is 0 Å². The molecule has 0 heterocycles. The van der Waals surface area contributed by atoms with Crippen LogP contribution in [0, 0.1) is 41.4 Å². The quantitative estimate of drug-likeness (QED) is 0.276. The van der Waals surface area contributed by atoms with Crippen LogP contribution in [0.3, 0.4) is 0 Å². The van der Waals surface area contributed by atoms with Crippen molar-refractivity contribution < 1.29 is 0 Å². The van der Waals surface area contributed by atoms with Crippen molar-refractivity contribution in [1.29, 1.82) is 0 Å². The first-order valence-corrected chi connectivity index (χ1v) is 17.5. The van der Waals surface area contributed by atoms with E-state index in [1.54, 1.807) is 0 Å². The fourth-order valence-corrected chi connectivity index (χ4v) is 5.84. The number of hydrogen-bond acceptors (Lipinski definition) is 0. The van der Waals surface area contributed by atoms with Crippen molar-refractivity contribution in [3.05, 3.63) is 35.9 Å². The van der Waals surface area contributed by atoms with Crippen LogP contribution in [0.5, 0.6) is 0 Å². The molecule has 0 radical (unpaired) electrons. The van der Waals surface area contributed by atoms with Crippen LogP contribution in [-0.2, 0) is 6.42 Å². The first-order valence-electron chi connectivity index (χ1n) is 17.5. The highest BCUT2D eigenvalue weighted by atomic mass is 14.2. The first kappa shape index (κ1) is 38.2. The zero-order valence-electron chi connectivity index (χ0n) is 28.7. The van der Waals surface area contributed by atoms with Crippen LogP contribution in [0.25, 0.3) is 0 Å². The maximum absolute atomic E-state index is 2.36. The van der Waals surface area contributed by atoms with Gasteiger partial charge in [-0.2, -0.15) is 0 Å². The predicted octanol–water partition coefficient (Wildman–Crippen LogP) is 13.6. The average Bonchev–Trinajstić information content (AvgIpc) is 2.90. The van der Waals surface area contributed by atoms with Crippen LogP contribution in [0.4, 0.5) is 0 Å². The van der Waals surface area contributed by atoms with E-state index < -0.39 is 0 Å². The molecule has 0 nitrogen and oxygen atoms in total. The highest BCUT2D eigenvalue weighted by molar-refractivity contribution is 5.14. The molecule has 1 aromatic carbocycles. The summed E-state index contributed by atoms with van der Waals surface area (Å²) >= 11 is 0. The standard InChI is InChI=1S/C12H24.C10H14.C9H18.C8H18/c1-11(2)7-6-10-12-8-4-3-5-9-12;1-9(2)8-10-6-4-3-5-7-10;1-8(2)9-6-4-3-5-7-9;1-7(2)5-6-8(3)4/h11-12H,3-10H2,1-2H3;3-7,9H,8H2,1-2H3;8-9H,3-7H2,1-2H3;7-8H,5-6H2,1-4H3. The second-order valence-electron chi connectivity index (χ2n) is 14.9. The van der Waals surface area contributed by atoms with Crippen LogP contribution in [0.1, 0.15) is 171 Å². The Morgan fingerprint density at radius 2 is 1.00 bits per heavy atom. The minimum absolute atomic E-state index is 0.766. The van der Waals surface area contributed by atoms with E-state index in [1.165, 1.54) is 108 Å². The van der Waals surface area contributed by atoms with Crippen molar-refractivity contribution in [3.8, 4) is 0 Å². The predicted molar refractivity (Wildman–Crippen MR) is 181 cm³/mol. The van der Waals surface area contributed by atoms with E-state index in [0.717, 1.165) is 41.4 Å². The molecule has 0 heteroatoms. The van der Waals surface area contributed by atoms with E-state index in [9.17, 15) is 0 Å². The van der Waals surface area contributed by atoms with Gasteiger partial charge in [-0.25, -0.2) is 0 Å². The molecule has 0 bridgehead atoms. The molecular weight excluding hydrogens is 468 g/mol. The first-order chi connectivity index (χ1) is 18.5. The normalized spacial score (nSPS) is 16.5. The molecule has 0 N–H and O–H groups in total. The van der Waals surface area contributed by atoms with Crippen LogP contribution in [0.15, 0.2) is 30.3 Å². The van der Waals surface area contributed by atoms with Gasteiger partial charge in [-0.05, 0) is 53.4 Å². The lowest BCUT2D eigenvalue weighted by Crippen LogP contribution is -2.12. The Balaban J connectivity index is 0.000000500. The molecule has 3 rings (SSSR count). The summed E-state index contributed by atoms with van der Waals surface area (Å²) in [6, 6.07) is 10.6. The van der Waals surface area contributed by atoms with Gasteiger partial charge in [-0.3, -0.25) is 0 Å². The Kier molecular flexibility index (Phi) is 24.5. The second-order valence-corrected chi connectivity index (χ2v) is 14.9. The smallest absolute Gasteiger partial charge is 0.0256 e. The van der Waals surface area contributed by atoms with Crippen molar-refractivity contribution in [2.45, 2.75) is 172 Å². The van der Waals surface area contributed by atoms with Gasteiger partial charge < -0.3 is 0 Å². The molecule has 2 saturated carbocycles. The fraction of sp³-hybridized carbons (Fsp3) is 0.846. The monoisotopic (exact) mass is 543 g/mol. The van der Waals surface area contributed by atoms with Crippen LogP contribution < -0.4 is 0 Å². The Hall–Kier alpha value is -0.780. The third-order valence-corrected chi connectivity index (χ3v) is 8.52. The average molecular weight is 543 g/mol. The van der Waals surface area contributed by atoms with E-state index in [4.69, 9.17) is 0 Å². The van der Waals surface area contributed by atoms with Gasteiger partial charge in [0.15, 0.2) is 0 Å². The largest absolute Gasteiger partial charge is 0.0628 e. The lowest BCUT2D eigenvalue weighted by atomic mass is 9.82. The molecular formula is C39H74. The van der Waals surface area contributed by atoms with E-state index in [-0.39, 0.29) is 0 Å². The molecule has 39 heavy (non-hydrogen) atoms. The molecule has 2 aliphatic rings. The number of benzene rings is 1. The fourth-order valence-electron chi connectivity index (χ4n) is 5.84. The minimum atomic E-state index is 0.766. The summed E-state index contributed by atoms with van der Waals surface area (Å²) in [4.78, 5) is 0. The zero-order chi connectivity index (χ0) is 29.5. The number of rotatable bonds is 10. The van der Waals surface area contributed by atoms with Crippen LogP contribution in [0.2, 0.25) is 0 Å². The molecule has 0 aliphatic heterocycles. The van der Waals surface area contributed by atoms with Gasteiger partial charge in [0.05, 0.1) is 0 Å². The lowest BCUT2D eigenvalue weighted by molar-refractivity contribution is 0.279. The van der Waals surface area contributed by atoms with E-state index in [2.05, 4.69) is 99.6 Å². The van der Waals surface area contributed by atoms with Crippen LogP contribution >= 0.6 is 0 Å². The molecule has 230 valence electrons. The molecule has 0 atom stereocenters. The SMILES string of the molecule is CC(C)C1CCCCC1.CC(C)CCC(C)C.CC(C)CCCC1CCCCC1.CC(C)Cc1ccccc1. The molecule has 0 aromatic heterocycles. The summed E-state index contributed by atoms with van der Waals surface area (Å²) in [7, 11) is 0. The molecule has 2 aliphatic carbocycles. The number of hydrogen-bond donors (Lipinski definition) is 0. The van der Waals surface area contributed by atoms with Gasteiger partial charge in [-0.1, -0.05) is 196 Å². The van der Waals surface area contributed by atoms with Gasteiger partial charge in [0.2, 0.25) is 0 Å². The summed E-state index contributed by atoms with van der Waals surface area (Å²) in [5.41, 5.74) is 1.44. The zero-order valence-corrected chi connectivity index (χ0v) is 28.7. The van der Waals surface area contributed by atoms with Gasteiger partial charge in [-0.15, -0.1) is 0 Å². The third-order valence-electron chi connectivity index (χ3n) is 8.52. The van der Waals surface area contributed by atoms with Crippen molar-refractivity contribution in [1.82, 2.24) is 0 Å². The Labute approximate surface area is 248 Å². The van der Waals surface area contributed by atoms with E-state index in [0.29, 0.717) is 0 Å². The second kappa shape index (κ2) is 25.0. The van der Waals surface area contributed by atoms with Crippen molar-refractivity contribution >= 4 is 0 Å². The van der Waals surface area contributed by atoms with Gasteiger partial charge >= 0.3 is 0 Å². The molecule has 0 saturated heterocycles. The Morgan fingerprint density at radius 1 is 0.538 bits per heavy atom. The lowest BCUT2D eigenvalue weighted by Gasteiger charge is -2.24. The minimum Gasteiger partial charge on any atom is -0.0628 e. The topological polar surface area (TPSA) is 0 Å². The molecule has 1 aromatic rings. The summed E-state index contributed by atoms with van der Waals surface area (Å²) in [6.07, 6.45) is 23.4. The Morgan fingerprint density at radius 3 is 1.38 bits per heavy atom. The summed E-state index contributed by atoms with van der Waals surface area (Å²) in [5, 5.41) is 0. The maximum atomic E-state index is 2.36. The van der Waals surface area contributed by atoms with E-state index >= 15 is 0 Å². The van der Waals surface area contributed by atoms with Crippen molar-refractivity contribution in [2.75, 3.05) is 0 Å². The van der Waals surface area contributed by atoms with E-state index in [1.807, 2.05) is 0 Å². The van der Waals surface area contributed by atoms with Gasteiger partial charge in [0.25, 0.3) is 0 Å². The van der Waals surface area contributed by atoms with Gasteiger partial charge in [0, 0.05) is 0 Å². The summed E-state index contributed by atoms with van der Waals surface area (Å²) < 4.78 is 0. The highest BCUT2D eigenvalue weighted by Gasteiger charge is 2.15. The molecule has 2 fully saturated rings.